The molecule has 0 spiro atoms. The number of methoxy groups -OCH3 is 1. The summed E-state index contributed by atoms with van der Waals surface area (Å²) in [6.45, 7) is 6.65. The van der Waals surface area contributed by atoms with E-state index >= 15 is 0 Å². The van der Waals surface area contributed by atoms with Crippen molar-refractivity contribution >= 4 is 12.0 Å². The highest BCUT2D eigenvalue weighted by molar-refractivity contribution is 5.91. The maximum Gasteiger partial charge on any atom is 0.246 e. The van der Waals surface area contributed by atoms with Gasteiger partial charge in [0.25, 0.3) is 0 Å². The molecule has 0 radical (unpaired) electrons. The maximum atomic E-state index is 12.4. The van der Waals surface area contributed by atoms with Crippen LogP contribution in [0, 0.1) is 5.92 Å². The standard InChI is InChI=1S/C20H28N2O3/c1-24-19-4-2-3-17(15-19)5-6-20(23)22-9-7-18(8-10-22)16-21-11-13-25-14-12-21/h2-6,15,18H,7-14,16H2,1H3. The van der Waals surface area contributed by atoms with E-state index < -0.39 is 0 Å². The zero-order valence-electron chi connectivity index (χ0n) is 15.0. The first kappa shape index (κ1) is 18.0. The number of amides is 1. The summed E-state index contributed by atoms with van der Waals surface area (Å²) in [5.41, 5.74) is 0.981. The number of rotatable bonds is 5. The van der Waals surface area contributed by atoms with Crippen molar-refractivity contribution in [1.29, 1.82) is 0 Å². The monoisotopic (exact) mass is 344 g/mol. The Morgan fingerprint density at radius 2 is 2.00 bits per heavy atom. The van der Waals surface area contributed by atoms with Gasteiger partial charge in [-0.05, 0) is 42.5 Å². The predicted octanol–water partition coefficient (Wildman–Crippen LogP) is 2.28. The summed E-state index contributed by atoms with van der Waals surface area (Å²) in [6, 6.07) is 7.73. The highest BCUT2D eigenvalue weighted by atomic mass is 16.5. The molecule has 0 bridgehead atoms. The fourth-order valence-corrected chi connectivity index (χ4v) is 3.50. The van der Waals surface area contributed by atoms with Crippen LogP contribution in [0.5, 0.6) is 5.75 Å². The van der Waals surface area contributed by atoms with Gasteiger partial charge in [-0.2, -0.15) is 0 Å². The molecule has 2 fully saturated rings. The first-order valence-electron chi connectivity index (χ1n) is 9.16. The van der Waals surface area contributed by atoms with Gasteiger partial charge in [0, 0.05) is 38.8 Å². The van der Waals surface area contributed by atoms with Crippen molar-refractivity contribution in [3.8, 4) is 5.75 Å². The van der Waals surface area contributed by atoms with Crippen molar-refractivity contribution in [3.05, 3.63) is 35.9 Å². The lowest BCUT2D eigenvalue weighted by molar-refractivity contribution is -0.127. The van der Waals surface area contributed by atoms with Gasteiger partial charge in [0.15, 0.2) is 0 Å². The zero-order chi connectivity index (χ0) is 17.5. The number of morpholine rings is 1. The number of ether oxygens (including phenoxy) is 2. The Kier molecular flexibility index (Phi) is 6.48. The van der Waals surface area contributed by atoms with Crippen molar-refractivity contribution in [1.82, 2.24) is 9.80 Å². The minimum Gasteiger partial charge on any atom is -0.497 e. The third kappa shape index (κ3) is 5.31. The van der Waals surface area contributed by atoms with Gasteiger partial charge in [0.1, 0.15) is 5.75 Å². The molecule has 2 aliphatic rings. The Hall–Kier alpha value is -1.85. The number of piperidine rings is 1. The van der Waals surface area contributed by atoms with E-state index in [4.69, 9.17) is 9.47 Å². The van der Waals surface area contributed by atoms with Gasteiger partial charge in [-0.15, -0.1) is 0 Å². The first-order valence-corrected chi connectivity index (χ1v) is 9.16. The second-order valence-corrected chi connectivity index (χ2v) is 6.79. The Labute approximate surface area is 150 Å². The number of hydrogen-bond acceptors (Lipinski definition) is 4. The second kappa shape index (κ2) is 9.02. The van der Waals surface area contributed by atoms with Gasteiger partial charge in [0.2, 0.25) is 5.91 Å². The van der Waals surface area contributed by atoms with E-state index in [1.54, 1.807) is 13.2 Å². The molecule has 1 aromatic carbocycles. The molecule has 0 aliphatic carbocycles. The molecule has 0 saturated carbocycles. The van der Waals surface area contributed by atoms with Crippen molar-refractivity contribution in [2.75, 3.05) is 53.0 Å². The summed E-state index contributed by atoms with van der Waals surface area (Å²) in [5.74, 6) is 1.61. The molecular formula is C20H28N2O3. The lowest BCUT2D eigenvalue weighted by Crippen LogP contribution is -2.43. The van der Waals surface area contributed by atoms with Crippen LogP contribution < -0.4 is 4.74 Å². The van der Waals surface area contributed by atoms with Crippen LogP contribution in [0.2, 0.25) is 0 Å². The normalized spacial score (nSPS) is 20.1. The van der Waals surface area contributed by atoms with Gasteiger partial charge >= 0.3 is 0 Å². The molecule has 5 heteroatoms. The maximum absolute atomic E-state index is 12.4. The zero-order valence-corrected chi connectivity index (χ0v) is 15.0. The fourth-order valence-electron chi connectivity index (χ4n) is 3.50. The number of hydrogen-bond donors (Lipinski definition) is 0. The molecule has 1 aromatic rings. The lowest BCUT2D eigenvalue weighted by Gasteiger charge is -2.35. The van der Waals surface area contributed by atoms with E-state index in [-0.39, 0.29) is 5.91 Å². The van der Waals surface area contributed by atoms with E-state index in [9.17, 15) is 4.79 Å². The van der Waals surface area contributed by atoms with Crippen LogP contribution in [-0.4, -0.2) is 68.8 Å². The molecule has 5 nitrogen and oxygen atoms in total. The molecule has 1 amide bonds. The molecular weight excluding hydrogens is 316 g/mol. The smallest absolute Gasteiger partial charge is 0.246 e. The molecule has 136 valence electrons. The van der Waals surface area contributed by atoms with E-state index in [1.165, 1.54) is 0 Å². The van der Waals surface area contributed by atoms with E-state index in [0.29, 0.717) is 5.92 Å². The summed E-state index contributed by atoms with van der Waals surface area (Å²) >= 11 is 0. The Morgan fingerprint density at radius 1 is 1.24 bits per heavy atom. The molecule has 0 N–H and O–H groups in total. The van der Waals surface area contributed by atoms with Gasteiger partial charge in [0.05, 0.1) is 20.3 Å². The molecule has 0 unspecified atom stereocenters. The molecule has 25 heavy (non-hydrogen) atoms. The van der Waals surface area contributed by atoms with Crippen LogP contribution in [0.15, 0.2) is 30.3 Å². The van der Waals surface area contributed by atoms with E-state index in [0.717, 1.165) is 70.1 Å². The highest BCUT2D eigenvalue weighted by Crippen LogP contribution is 2.20. The number of carbonyl (C=O) groups is 1. The SMILES string of the molecule is COc1cccc(C=CC(=O)N2CCC(CN3CCOCC3)CC2)c1. The van der Waals surface area contributed by atoms with Crippen LogP contribution in [0.1, 0.15) is 18.4 Å². The summed E-state index contributed by atoms with van der Waals surface area (Å²) in [4.78, 5) is 16.9. The van der Waals surface area contributed by atoms with Crippen LogP contribution in [0.3, 0.4) is 0 Å². The van der Waals surface area contributed by atoms with Crippen LogP contribution in [-0.2, 0) is 9.53 Å². The molecule has 0 atom stereocenters. The predicted molar refractivity (Wildman–Crippen MR) is 98.6 cm³/mol. The van der Waals surface area contributed by atoms with Gasteiger partial charge < -0.3 is 14.4 Å². The van der Waals surface area contributed by atoms with Gasteiger partial charge in [-0.3, -0.25) is 9.69 Å². The Morgan fingerprint density at radius 3 is 2.72 bits per heavy atom. The third-order valence-corrected chi connectivity index (χ3v) is 5.06. The largest absolute Gasteiger partial charge is 0.497 e. The summed E-state index contributed by atoms with van der Waals surface area (Å²) < 4.78 is 10.6. The van der Waals surface area contributed by atoms with Gasteiger partial charge in [-0.1, -0.05) is 12.1 Å². The molecule has 3 rings (SSSR count). The quantitative estimate of drug-likeness (QED) is 0.769. The van der Waals surface area contributed by atoms with Crippen molar-refractivity contribution < 1.29 is 14.3 Å². The van der Waals surface area contributed by atoms with E-state index in [2.05, 4.69) is 4.90 Å². The van der Waals surface area contributed by atoms with Crippen LogP contribution in [0.25, 0.3) is 6.08 Å². The minimum atomic E-state index is 0.104. The summed E-state index contributed by atoms with van der Waals surface area (Å²) in [5, 5.41) is 0. The Balaban J connectivity index is 1.45. The van der Waals surface area contributed by atoms with E-state index in [1.807, 2.05) is 35.2 Å². The second-order valence-electron chi connectivity index (χ2n) is 6.79. The molecule has 0 aromatic heterocycles. The van der Waals surface area contributed by atoms with Gasteiger partial charge in [-0.25, -0.2) is 0 Å². The van der Waals surface area contributed by atoms with Crippen LogP contribution >= 0.6 is 0 Å². The minimum absolute atomic E-state index is 0.104. The molecule has 2 aliphatic heterocycles. The molecule has 2 heterocycles. The highest BCUT2D eigenvalue weighted by Gasteiger charge is 2.23. The summed E-state index contributed by atoms with van der Waals surface area (Å²) in [6.07, 6.45) is 5.73. The third-order valence-electron chi connectivity index (χ3n) is 5.06. The van der Waals surface area contributed by atoms with Crippen molar-refractivity contribution in [3.63, 3.8) is 0 Å². The number of nitrogens with zero attached hydrogens (tertiary/aromatic N) is 2. The van der Waals surface area contributed by atoms with Crippen molar-refractivity contribution in [2.24, 2.45) is 5.92 Å². The topological polar surface area (TPSA) is 42.0 Å². The number of carbonyl (C=O) groups excluding carboxylic acids is 1. The summed E-state index contributed by atoms with van der Waals surface area (Å²) in [7, 11) is 1.65. The average Bonchev–Trinajstić information content (AvgIpc) is 2.67. The number of likely N-dealkylation sites (tertiary alicyclic amines) is 1. The average molecular weight is 344 g/mol. The fraction of sp³-hybridized carbons (Fsp3) is 0.550. The molecule has 2 saturated heterocycles. The number of benzene rings is 1. The lowest BCUT2D eigenvalue weighted by atomic mass is 9.96. The first-order chi connectivity index (χ1) is 12.2. The Bertz CT molecular complexity index is 588. The van der Waals surface area contributed by atoms with Crippen molar-refractivity contribution in [2.45, 2.75) is 12.8 Å². The van der Waals surface area contributed by atoms with Crippen LogP contribution in [0.4, 0.5) is 0 Å².